The molecular weight excluding hydrogens is 314 g/mol. The monoisotopic (exact) mass is 341 g/mol. The maximum absolute atomic E-state index is 13.1. The average Bonchev–Trinajstić information content (AvgIpc) is 3.19. The predicted molar refractivity (Wildman–Crippen MR) is 94.3 cm³/mol. The van der Waals surface area contributed by atoms with Crippen LogP contribution in [0, 0.1) is 5.92 Å². The van der Waals surface area contributed by atoms with Gasteiger partial charge in [0.2, 0.25) is 0 Å². The van der Waals surface area contributed by atoms with Gasteiger partial charge in [-0.2, -0.15) is 0 Å². The molecule has 3 heterocycles. The number of hydrogen-bond acceptors (Lipinski definition) is 4. The van der Waals surface area contributed by atoms with Gasteiger partial charge in [-0.3, -0.25) is 9.69 Å². The van der Waals surface area contributed by atoms with Crippen molar-refractivity contribution in [2.24, 2.45) is 5.92 Å². The molecule has 4 aliphatic rings. The summed E-state index contributed by atoms with van der Waals surface area (Å²) >= 11 is 0. The van der Waals surface area contributed by atoms with E-state index in [-0.39, 0.29) is 18.0 Å². The molecule has 25 heavy (non-hydrogen) atoms. The van der Waals surface area contributed by atoms with E-state index in [1.165, 1.54) is 12.8 Å². The van der Waals surface area contributed by atoms with Crippen LogP contribution in [0.25, 0.3) is 0 Å². The van der Waals surface area contributed by atoms with Crippen LogP contribution >= 0.6 is 0 Å². The van der Waals surface area contributed by atoms with Crippen molar-refractivity contribution in [1.82, 2.24) is 4.90 Å². The Kier molecular flexibility index (Phi) is 3.86. The van der Waals surface area contributed by atoms with Crippen LogP contribution in [0.15, 0.2) is 30.3 Å². The van der Waals surface area contributed by atoms with Gasteiger partial charge in [-0.25, -0.2) is 0 Å². The molecule has 3 saturated heterocycles. The minimum Gasteiger partial charge on any atom is -0.462 e. The van der Waals surface area contributed by atoms with E-state index < -0.39 is 0 Å². The Balaban J connectivity index is 1.31. The second kappa shape index (κ2) is 6.10. The SMILES string of the molecule is CN1[C@@H]2CC(OC(=O)C(c3ccccc3)C3CCCC3)C[C@H]1[C@@H]1O[C@@H]12. The van der Waals surface area contributed by atoms with Crippen molar-refractivity contribution in [1.29, 1.82) is 0 Å². The van der Waals surface area contributed by atoms with Crippen molar-refractivity contribution in [3.8, 4) is 0 Å². The normalized spacial score (nSPS) is 38.4. The molecule has 0 N–H and O–H groups in total. The Morgan fingerprint density at radius 3 is 2.40 bits per heavy atom. The van der Waals surface area contributed by atoms with Crippen molar-refractivity contribution >= 4 is 5.97 Å². The third-order valence-electron chi connectivity index (χ3n) is 6.94. The van der Waals surface area contributed by atoms with Crippen LogP contribution in [0.4, 0.5) is 0 Å². The molecule has 1 saturated carbocycles. The number of likely N-dealkylation sites (N-methyl/N-ethyl adjacent to an activating group) is 1. The van der Waals surface area contributed by atoms with Crippen LogP contribution in [0.5, 0.6) is 0 Å². The van der Waals surface area contributed by atoms with Crippen LogP contribution in [0.1, 0.15) is 50.0 Å². The molecule has 2 unspecified atom stereocenters. The first-order chi connectivity index (χ1) is 12.2. The lowest BCUT2D eigenvalue weighted by molar-refractivity contribution is -0.157. The smallest absolute Gasteiger partial charge is 0.313 e. The number of epoxide rings is 1. The first kappa shape index (κ1) is 15.8. The maximum Gasteiger partial charge on any atom is 0.313 e. The number of piperidine rings is 1. The Bertz CT molecular complexity index is 624. The zero-order chi connectivity index (χ0) is 17.0. The number of benzene rings is 1. The summed E-state index contributed by atoms with van der Waals surface area (Å²) in [6.07, 6.45) is 7.44. The fraction of sp³-hybridized carbons (Fsp3) is 0.667. The standard InChI is InChI=1S/C21H27NO3/c1-22-16-11-15(12-17(22)20-19(16)25-20)24-21(23)18(14-9-5-6-10-14)13-7-3-2-4-8-13/h2-4,7-8,14-20H,5-6,9-12H2,1H3/t15?,16-,17+,18?,19-,20+. The quantitative estimate of drug-likeness (QED) is 0.623. The van der Waals surface area contributed by atoms with Crippen LogP contribution in [0.3, 0.4) is 0 Å². The first-order valence-electron chi connectivity index (χ1n) is 9.85. The predicted octanol–water partition coefficient (Wildman–Crippen LogP) is 3.12. The Morgan fingerprint density at radius 1 is 1.12 bits per heavy atom. The highest BCUT2D eigenvalue weighted by Crippen LogP contribution is 2.48. The van der Waals surface area contributed by atoms with E-state index in [1.807, 2.05) is 18.2 Å². The minimum atomic E-state index is -0.0909. The van der Waals surface area contributed by atoms with Gasteiger partial charge in [-0.15, -0.1) is 0 Å². The molecule has 1 aromatic carbocycles. The second-order valence-electron chi connectivity index (χ2n) is 8.33. The molecule has 134 valence electrons. The molecule has 2 bridgehead atoms. The molecule has 6 atom stereocenters. The number of morpholine rings is 1. The third kappa shape index (κ3) is 2.70. The summed E-state index contributed by atoms with van der Waals surface area (Å²) in [4.78, 5) is 15.6. The molecule has 1 aromatic rings. The summed E-state index contributed by atoms with van der Waals surface area (Å²) in [5.74, 6) is 0.350. The van der Waals surface area contributed by atoms with E-state index in [0.717, 1.165) is 31.2 Å². The molecule has 4 fully saturated rings. The largest absolute Gasteiger partial charge is 0.462 e. The minimum absolute atomic E-state index is 0.00152. The van der Waals surface area contributed by atoms with Crippen LogP contribution in [-0.4, -0.2) is 48.3 Å². The van der Waals surface area contributed by atoms with Gasteiger partial charge in [0.25, 0.3) is 0 Å². The van der Waals surface area contributed by atoms with Crippen molar-refractivity contribution < 1.29 is 14.3 Å². The van der Waals surface area contributed by atoms with Gasteiger partial charge in [0.15, 0.2) is 0 Å². The number of esters is 1. The van der Waals surface area contributed by atoms with Crippen LogP contribution < -0.4 is 0 Å². The maximum atomic E-state index is 13.1. The number of nitrogens with zero attached hydrogens (tertiary/aromatic N) is 1. The molecule has 5 rings (SSSR count). The van der Waals surface area contributed by atoms with E-state index in [4.69, 9.17) is 9.47 Å². The van der Waals surface area contributed by atoms with E-state index in [2.05, 4.69) is 24.1 Å². The van der Waals surface area contributed by atoms with E-state index in [0.29, 0.717) is 30.2 Å². The fourth-order valence-corrected chi connectivity index (χ4v) is 5.59. The highest BCUT2D eigenvalue weighted by atomic mass is 16.6. The van der Waals surface area contributed by atoms with Crippen molar-refractivity contribution in [2.75, 3.05) is 7.05 Å². The summed E-state index contributed by atoms with van der Waals surface area (Å²) in [5.41, 5.74) is 1.13. The van der Waals surface area contributed by atoms with Crippen LogP contribution in [0.2, 0.25) is 0 Å². The zero-order valence-electron chi connectivity index (χ0n) is 14.8. The number of hydrogen-bond donors (Lipinski definition) is 0. The summed E-state index contributed by atoms with van der Waals surface area (Å²) in [6, 6.07) is 11.1. The van der Waals surface area contributed by atoms with E-state index in [1.54, 1.807) is 0 Å². The Morgan fingerprint density at radius 2 is 1.76 bits per heavy atom. The number of ether oxygens (including phenoxy) is 2. The molecular formula is C21H27NO3. The number of rotatable bonds is 4. The highest BCUT2D eigenvalue weighted by Gasteiger charge is 2.62. The summed E-state index contributed by atoms with van der Waals surface area (Å²) in [5, 5.41) is 0. The van der Waals surface area contributed by atoms with Gasteiger partial charge >= 0.3 is 5.97 Å². The van der Waals surface area contributed by atoms with Crippen LogP contribution in [-0.2, 0) is 14.3 Å². The molecule has 0 amide bonds. The van der Waals surface area contributed by atoms with Gasteiger partial charge in [-0.1, -0.05) is 43.2 Å². The molecule has 4 heteroatoms. The molecule has 0 radical (unpaired) electrons. The van der Waals surface area contributed by atoms with Gasteiger partial charge < -0.3 is 9.47 Å². The third-order valence-corrected chi connectivity index (χ3v) is 6.94. The molecule has 0 spiro atoms. The average molecular weight is 341 g/mol. The number of carbonyl (C=O) groups excluding carboxylic acids is 1. The molecule has 1 aliphatic carbocycles. The lowest BCUT2D eigenvalue weighted by Gasteiger charge is -2.38. The topological polar surface area (TPSA) is 42.1 Å². The summed E-state index contributed by atoms with van der Waals surface area (Å²) in [6.45, 7) is 0. The number of carbonyl (C=O) groups is 1. The van der Waals surface area contributed by atoms with E-state index in [9.17, 15) is 4.79 Å². The lowest BCUT2D eigenvalue weighted by Crippen LogP contribution is -2.48. The first-order valence-corrected chi connectivity index (χ1v) is 9.85. The lowest BCUT2D eigenvalue weighted by atomic mass is 9.85. The molecule has 0 aromatic heterocycles. The van der Waals surface area contributed by atoms with Gasteiger partial charge in [0.05, 0.1) is 5.92 Å². The zero-order valence-corrected chi connectivity index (χ0v) is 14.8. The Labute approximate surface area is 149 Å². The van der Waals surface area contributed by atoms with Crippen molar-refractivity contribution in [3.63, 3.8) is 0 Å². The summed E-state index contributed by atoms with van der Waals surface area (Å²) < 4.78 is 11.9. The van der Waals surface area contributed by atoms with Crippen molar-refractivity contribution in [2.45, 2.75) is 74.8 Å². The van der Waals surface area contributed by atoms with E-state index >= 15 is 0 Å². The second-order valence-corrected chi connectivity index (χ2v) is 8.33. The van der Waals surface area contributed by atoms with Gasteiger partial charge in [-0.05, 0) is 31.4 Å². The van der Waals surface area contributed by atoms with Gasteiger partial charge in [0, 0.05) is 24.9 Å². The van der Waals surface area contributed by atoms with Crippen molar-refractivity contribution in [3.05, 3.63) is 35.9 Å². The highest BCUT2D eigenvalue weighted by molar-refractivity contribution is 5.78. The number of fused-ring (bicyclic) bond motifs is 5. The molecule has 4 nitrogen and oxygen atoms in total. The Hall–Kier alpha value is -1.39. The molecule has 3 aliphatic heterocycles. The fourth-order valence-electron chi connectivity index (χ4n) is 5.59. The summed E-state index contributed by atoms with van der Waals surface area (Å²) in [7, 11) is 2.19. The van der Waals surface area contributed by atoms with Gasteiger partial charge in [0.1, 0.15) is 18.3 Å².